The lowest BCUT2D eigenvalue weighted by Crippen LogP contribution is -2.13. The van der Waals surface area contributed by atoms with E-state index in [9.17, 15) is 13.2 Å². The monoisotopic (exact) mass is 233 g/mol. The smallest absolute Gasteiger partial charge is 0.416 e. The highest BCUT2D eigenvalue weighted by atomic mass is 19.4. The third-order valence-corrected chi connectivity index (χ3v) is 2.34. The number of nitrogens with two attached hydrogens (primary N) is 1. The first-order valence-corrected chi connectivity index (χ1v) is 4.73. The molecule has 1 aliphatic rings. The molecule has 0 unspecified atom stereocenters. The van der Waals surface area contributed by atoms with Crippen LogP contribution in [0.3, 0.4) is 0 Å². The molecule has 1 aliphatic heterocycles. The van der Waals surface area contributed by atoms with Crippen molar-refractivity contribution in [3.05, 3.63) is 23.3 Å². The van der Waals surface area contributed by atoms with E-state index < -0.39 is 11.7 Å². The number of halogens is 3. The lowest BCUT2D eigenvalue weighted by atomic mass is 10.0. The van der Waals surface area contributed by atoms with Crippen LogP contribution in [0.2, 0.25) is 0 Å². The zero-order chi connectivity index (χ0) is 11.8. The molecule has 16 heavy (non-hydrogen) atoms. The van der Waals surface area contributed by atoms with Gasteiger partial charge in [0.2, 0.25) is 6.79 Å². The van der Waals surface area contributed by atoms with Gasteiger partial charge in [-0.05, 0) is 25.1 Å². The highest BCUT2D eigenvalue weighted by Gasteiger charge is 2.36. The second-order valence-electron chi connectivity index (χ2n) is 3.36. The minimum absolute atomic E-state index is 0.0474. The normalized spacial score (nSPS) is 14.2. The van der Waals surface area contributed by atoms with Crippen LogP contribution < -0.4 is 15.2 Å². The van der Waals surface area contributed by atoms with Crippen LogP contribution in [0.15, 0.2) is 12.1 Å². The first-order chi connectivity index (χ1) is 7.54. The number of alkyl halides is 3. The fourth-order valence-corrected chi connectivity index (χ4v) is 1.69. The number of hydrogen-bond acceptors (Lipinski definition) is 3. The van der Waals surface area contributed by atoms with Crippen LogP contribution in [-0.2, 0) is 12.6 Å². The van der Waals surface area contributed by atoms with Crippen LogP contribution in [0.4, 0.5) is 13.2 Å². The predicted octanol–water partition coefficient (Wildman–Crippen LogP) is 1.94. The molecule has 0 atom stereocenters. The number of ether oxygens (including phenoxy) is 2. The van der Waals surface area contributed by atoms with Crippen molar-refractivity contribution in [3.8, 4) is 11.5 Å². The average Bonchev–Trinajstić information content (AvgIpc) is 2.64. The Morgan fingerprint density at radius 1 is 1.25 bits per heavy atom. The van der Waals surface area contributed by atoms with Gasteiger partial charge in [0.05, 0.1) is 5.56 Å². The lowest BCUT2D eigenvalue weighted by Gasteiger charge is -2.14. The molecule has 88 valence electrons. The maximum atomic E-state index is 12.7. The molecule has 0 fully saturated rings. The molecule has 6 heteroatoms. The Morgan fingerprint density at radius 3 is 2.62 bits per heavy atom. The summed E-state index contributed by atoms with van der Waals surface area (Å²) in [6.45, 7) is 0.0805. The molecule has 0 saturated carbocycles. The molecule has 0 radical (unpaired) electrons. The molecular formula is C10H10F3NO2. The summed E-state index contributed by atoms with van der Waals surface area (Å²) in [6, 6.07) is 2.27. The van der Waals surface area contributed by atoms with Gasteiger partial charge < -0.3 is 15.2 Å². The highest BCUT2D eigenvalue weighted by Crippen LogP contribution is 2.43. The number of benzene rings is 1. The van der Waals surface area contributed by atoms with Gasteiger partial charge in [-0.2, -0.15) is 13.2 Å². The van der Waals surface area contributed by atoms with Gasteiger partial charge >= 0.3 is 6.18 Å². The van der Waals surface area contributed by atoms with Gasteiger partial charge in [0.15, 0.2) is 11.5 Å². The van der Waals surface area contributed by atoms with Crippen LogP contribution in [-0.4, -0.2) is 13.3 Å². The van der Waals surface area contributed by atoms with Crippen molar-refractivity contribution in [3.63, 3.8) is 0 Å². The molecule has 1 aromatic carbocycles. The molecule has 3 nitrogen and oxygen atoms in total. The van der Waals surface area contributed by atoms with E-state index in [-0.39, 0.29) is 31.1 Å². The maximum Gasteiger partial charge on any atom is 0.416 e. The van der Waals surface area contributed by atoms with Crippen molar-refractivity contribution < 1.29 is 22.6 Å². The molecule has 0 bridgehead atoms. The number of fused-ring (bicyclic) bond motifs is 1. The molecule has 0 spiro atoms. The van der Waals surface area contributed by atoms with Crippen molar-refractivity contribution in [1.82, 2.24) is 0 Å². The fraction of sp³-hybridized carbons (Fsp3) is 0.400. The van der Waals surface area contributed by atoms with E-state index in [2.05, 4.69) is 0 Å². The van der Waals surface area contributed by atoms with Gasteiger partial charge in [0.25, 0.3) is 0 Å². The average molecular weight is 233 g/mol. The second kappa shape index (κ2) is 3.86. The van der Waals surface area contributed by atoms with Crippen LogP contribution in [0.25, 0.3) is 0 Å². The van der Waals surface area contributed by atoms with Crippen molar-refractivity contribution in [2.75, 3.05) is 13.3 Å². The van der Waals surface area contributed by atoms with Crippen LogP contribution in [0, 0.1) is 0 Å². The quantitative estimate of drug-likeness (QED) is 0.848. The summed E-state index contributed by atoms with van der Waals surface area (Å²) in [4.78, 5) is 0. The summed E-state index contributed by atoms with van der Waals surface area (Å²) < 4.78 is 48.2. The highest BCUT2D eigenvalue weighted by molar-refractivity contribution is 5.53. The van der Waals surface area contributed by atoms with E-state index in [0.29, 0.717) is 5.75 Å². The second-order valence-corrected chi connectivity index (χ2v) is 3.36. The first kappa shape index (κ1) is 11.1. The van der Waals surface area contributed by atoms with Crippen molar-refractivity contribution in [2.24, 2.45) is 5.73 Å². The summed E-state index contributed by atoms with van der Waals surface area (Å²) in [5.41, 5.74) is 4.67. The standard InChI is InChI=1S/C10H10F3NO2/c11-10(12,13)7-1-2-8-9(16-5-15-8)6(7)3-4-14/h1-2H,3-5,14H2. The molecule has 2 N–H and O–H groups in total. The number of hydrogen-bond donors (Lipinski definition) is 1. The van der Waals surface area contributed by atoms with E-state index in [1.165, 1.54) is 6.07 Å². The Labute approximate surface area is 89.9 Å². The minimum atomic E-state index is -4.40. The van der Waals surface area contributed by atoms with E-state index in [1.54, 1.807) is 0 Å². The van der Waals surface area contributed by atoms with Gasteiger partial charge in [0, 0.05) is 5.56 Å². The third-order valence-electron chi connectivity index (χ3n) is 2.34. The maximum absolute atomic E-state index is 12.7. The van der Waals surface area contributed by atoms with Crippen molar-refractivity contribution in [2.45, 2.75) is 12.6 Å². The molecule has 2 rings (SSSR count). The largest absolute Gasteiger partial charge is 0.454 e. The zero-order valence-corrected chi connectivity index (χ0v) is 8.30. The molecule has 0 saturated heterocycles. The Bertz CT molecular complexity index is 404. The van der Waals surface area contributed by atoms with Crippen molar-refractivity contribution >= 4 is 0 Å². The summed E-state index contributed by atoms with van der Waals surface area (Å²) in [7, 11) is 0. The Morgan fingerprint density at radius 2 is 2.00 bits per heavy atom. The van der Waals surface area contributed by atoms with Gasteiger partial charge in [-0.25, -0.2) is 0 Å². The van der Waals surface area contributed by atoms with E-state index in [0.717, 1.165) is 6.07 Å². The summed E-state index contributed by atoms with van der Waals surface area (Å²) in [5.74, 6) is 0.511. The van der Waals surface area contributed by atoms with Gasteiger partial charge in [-0.15, -0.1) is 0 Å². The molecule has 0 aliphatic carbocycles. The first-order valence-electron chi connectivity index (χ1n) is 4.73. The van der Waals surface area contributed by atoms with Crippen molar-refractivity contribution in [1.29, 1.82) is 0 Å². The fourth-order valence-electron chi connectivity index (χ4n) is 1.69. The minimum Gasteiger partial charge on any atom is -0.454 e. The van der Waals surface area contributed by atoms with E-state index in [1.807, 2.05) is 0 Å². The van der Waals surface area contributed by atoms with Crippen LogP contribution in [0.1, 0.15) is 11.1 Å². The Balaban J connectivity index is 2.53. The molecular weight excluding hydrogens is 223 g/mol. The summed E-state index contributed by atoms with van der Waals surface area (Å²) in [6.07, 6.45) is -4.28. The summed E-state index contributed by atoms with van der Waals surface area (Å²) in [5, 5.41) is 0. The zero-order valence-electron chi connectivity index (χ0n) is 8.30. The van der Waals surface area contributed by atoms with Gasteiger partial charge in [-0.3, -0.25) is 0 Å². The SMILES string of the molecule is NCCc1c(C(F)(F)F)ccc2c1OCO2. The van der Waals surface area contributed by atoms with Gasteiger partial charge in [-0.1, -0.05) is 0 Å². The summed E-state index contributed by atoms with van der Waals surface area (Å²) >= 11 is 0. The predicted molar refractivity (Wildman–Crippen MR) is 50.3 cm³/mol. The third kappa shape index (κ3) is 1.80. The molecule has 0 amide bonds. The Kier molecular flexibility index (Phi) is 2.67. The molecule has 1 heterocycles. The Hall–Kier alpha value is -1.43. The van der Waals surface area contributed by atoms with Crippen LogP contribution in [0.5, 0.6) is 11.5 Å². The number of rotatable bonds is 2. The molecule has 1 aromatic rings. The lowest BCUT2D eigenvalue weighted by molar-refractivity contribution is -0.138. The van der Waals surface area contributed by atoms with Gasteiger partial charge in [0.1, 0.15) is 0 Å². The molecule has 0 aromatic heterocycles. The van der Waals surface area contributed by atoms with Crippen LogP contribution >= 0.6 is 0 Å². The van der Waals surface area contributed by atoms with E-state index in [4.69, 9.17) is 15.2 Å². The topological polar surface area (TPSA) is 44.5 Å². The van der Waals surface area contributed by atoms with E-state index >= 15 is 0 Å².